The molecule has 1 N–H and O–H groups in total. The lowest BCUT2D eigenvalue weighted by atomic mass is 9.93. The van der Waals surface area contributed by atoms with Crippen LogP contribution in [-0.2, 0) is 6.42 Å². The zero-order chi connectivity index (χ0) is 15.8. The summed E-state index contributed by atoms with van der Waals surface area (Å²) in [6.07, 6.45) is 5.02. The Kier molecular flexibility index (Phi) is 3.48. The fourth-order valence-electron chi connectivity index (χ4n) is 3.77. The summed E-state index contributed by atoms with van der Waals surface area (Å²) in [6.45, 7) is 1.49. The van der Waals surface area contributed by atoms with Crippen molar-refractivity contribution in [3.63, 3.8) is 0 Å². The number of Topliss-reactive ketones (excluding diaryl/α,β-unsaturated/α-hetero) is 1. The first kappa shape index (κ1) is 14.2. The van der Waals surface area contributed by atoms with E-state index in [9.17, 15) is 9.59 Å². The Balaban J connectivity index is 1.59. The molecule has 1 aliphatic heterocycles. The van der Waals surface area contributed by atoms with E-state index in [1.807, 2.05) is 29.2 Å². The number of nitrogens with one attached hydrogen (secondary N) is 1. The molecule has 0 radical (unpaired) electrons. The Labute approximate surface area is 134 Å². The van der Waals surface area contributed by atoms with Crippen LogP contribution in [0.25, 0.3) is 0 Å². The molecule has 1 saturated heterocycles. The highest BCUT2D eigenvalue weighted by Gasteiger charge is 2.30. The van der Waals surface area contributed by atoms with Crippen molar-refractivity contribution in [3.8, 4) is 0 Å². The summed E-state index contributed by atoms with van der Waals surface area (Å²) in [7, 11) is 0. The average Bonchev–Trinajstić information content (AvgIpc) is 3.25. The van der Waals surface area contributed by atoms with E-state index in [0.29, 0.717) is 30.9 Å². The van der Waals surface area contributed by atoms with Crippen LogP contribution in [0.2, 0.25) is 0 Å². The van der Waals surface area contributed by atoms with Gasteiger partial charge in [0, 0.05) is 48.4 Å². The largest absolute Gasteiger partial charge is 0.338 e. The van der Waals surface area contributed by atoms with Crippen molar-refractivity contribution >= 4 is 11.7 Å². The third-order valence-corrected chi connectivity index (χ3v) is 4.98. The van der Waals surface area contributed by atoms with Crippen LogP contribution >= 0.6 is 0 Å². The Morgan fingerprint density at radius 2 is 2.17 bits per heavy atom. The van der Waals surface area contributed by atoms with Gasteiger partial charge >= 0.3 is 0 Å². The molecule has 5 heteroatoms. The van der Waals surface area contributed by atoms with E-state index in [2.05, 4.69) is 10.2 Å². The number of carbonyl (C=O) groups excluding carboxylic acids is 2. The van der Waals surface area contributed by atoms with Crippen LogP contribution in [0.5, 0.6) is 0 Å². The van der Waals surface area contributed by atoms with E-state index in [0.717, 1.165) is 36.2 Å². The number of aromatic amines is 1. The average molecular weight is 309 g/mol. The van der Waals surface area contributed by atoms with Gasteiger partial charge in [0.25, 0.3) is 5.91 Å². The number of hydrogen-bond acceptors (Lipinski definition) is 3. The molecule has 2 aliphatic rings. The van der Waals surface area contributed by atoms with Crippen LogP contribution < -0.4 is 0 Å². The molecule has 2 heterocycles. The van der Waals surface area contributed by atoms with Crippen molar-refractivity contribution in [1.82, 2.24) is 15.1 Å². The maximum Gasteiger partial charge on any atom is 0.254 e. The van der Waals surface area contributed by atoms with Crippen molar-refractivity contribution in [2.45, 2.75) is 31.6 Å². The quantitative estimate of drug-likeness (QED) is 0.927. The Bertz CT molecular complexity index is 752. The predicted molar refractivity (Wildman–Crippen MR) is 85.6 cm³/mol. The highest BCUT2D eigenvalue weighted by molar-refractivity contribution is 6.05. The van der Waals surface area contributed by atoms with Crippen LogP contribution in [0.4, 0.5) is 0 Å². The number of nitrogens with zero attached hydrogens (tertiary/aromatic N) is 2. The Morgan fingerprint density at radius 1 is 1.26 bits per heavy atom. The number of likely N-dealkylation sites (tertiary alicyclic amines) is 1. The molecule has 1 aromatic heterocycles. The summed E-state index contributed by atoms with van der Waals surface area (Å²) in [5, 5.41) is 7.04. The first-order valence-electron chi connectivity index (χ1n) is 8.17. The van der Waals surface area contributed by atoms with Gasteiger partial charge in [-0.3, -0.25) is 14.7 Å². The maximum absolute atomic E-state index is 13.0. The summed E-state index contributed by atoms with van der Waals surface area (Å²) in [5.74, 6) is 0.526. The molecule has 4 rings (SSSR count). The van der Waals surface area contributed by atoms with Gasteiger partial charge in [0.05, 0.1) is 0 Å². The van der Waals surface area contributed by atoms with Gasteiger partial charge in [-0.2, -0.15) is 5.10 Å². The Hall–Kier alpha value is -2.43. The minimum Gasteiger partial charge on any atom is -0.338 e. The van der Waals surface area contributed by atoms with Crippen LogP contribution in [0.1, 0.15) is 57.2 Å². The normalized spacial score (nSPS) is 20.6. The fourth-order valence-corrected chi connectivity index (χ4v) is 3.77. The van der Waals surface area contributed by atoms with Gasteiger partial charge in [0.15, 0.2) is 5.78 Å². The molecule has 0 bridgehead atoms. The predicted octanol–water partition coefficient (Wildman–Crippen LogP) is 2.56. The molecule has 23 heavy (non-hydrogen) atoms. The molecule has 1 unspecified atom stereocenters. The lowest BCUT2D eigenvalue weighted by molar-refractivity contribution is 0.0704. The van der Waals surface area contributed by atoms with Crippen molar-refractivity contribution in [3.05, 3.63) is 52.8 Å². The Morgan fingerprint density at radius 3 is 3.00 bits per heavy atom. The van der Waals surface area contributed by atoms with Gasteiger partial charge in [-0.25, -0.2) is 0 Å². The van der Waals surface area contributed by atoms with Gasteiger partial charge in [-0.05, 0) is 37.0 Å². The number of piperidine rings is 1. The second kappa shape index (κ2) is 5.65. The van der Waals surface area contributed by atoms with E-state index in [1.165, 1.54) is 0 Å². The number of fused-ring (bicyclic) bond motifs is 1. The summed E-state index contributed by atoms with van der Waals surface area (Å²) < 4.78 is 0. The topological polar surface area (TPSA) is 66.1 Å². The van der Waals surface area contributed by atoms with E-state index < -0.39 is 0 Å². The minimum atomic E-state index is 0.0563. The molecule has 118 valence electrons. The van der Waals surface area contributed by atoms with Crippen LogP contribution in [0.15, 0.2) is 30.5 Å². The monoisotopic (exact) mass is 309 g/mol. The molecule has 1 amide bonds. The lowest BCUT2D eigenvalue weighted by Crippen LogP contribution is -2.39. The molecule has 1 fully saturated rings. The number of aromatic nitrogens is 2. The third kappa shape index (κ3) is 2.46. The number of rotatable bonds is 2. The van der Waals surface area contributed by atoms with Crippen molar-refractivity contribution < 1.29 is 9.59 Å². The highest BCUT2D eigenvalue weighted by Crippen LogP contribution is 2.29. The van der Waals surface area contributed by atoms with Crippen LogP contribution in [0, 0.1) is 0 Å². The number of hydrogen-bond donors (Lipinski definition) is 1. The zero-order valence-corrected chi connectivity index (χ0v) is 12.9. The first-order valence-corrected chi connectivity index (χ1v) is 8.17. The van der Waals surface area contributed by atoms with Crippen molar-refractivity contribution in [2.24, 2.45) is 0 Å². The number of H-pyrrole nitrogens is 1. The lowest BCUT2D eigenvalue weighted by Gasteiger charge is -2.32. The summed E-state index contributed by atoms with van der Waals surface area (Å²) in [4.78, 5) is 26.8. The second-order valence-corrected chi connectivity index (χ2v) is 6.36. The minimum absolute atomic E-state index is 0.0563. The van der Waals surface area contributed by atoms with Crippen molar-refractivity contribution in [2.75, 3.05) is 13.1 Å². The molecule has 2 aromatic rings. The molecule has 1 aromatic carbocycles. The zero-order valence-electron chi connectivity index (χ0n) is 12.9. The van der Waals surface area contributed by atoms with E-state index in [-0.39, 0.29) is 11.7 Å². The molecule has 5 nitrogen and oxygen atoms in total. The van der Waals surface area contributed by atoms with Crippen LogP contribution in [-0.4, -0.2) is 39.9 Å². The second-order valence-electron chi connectivity index (χ2n) is 6.36. The first-order chi connectivity index (χ1) is 11.2. The van der Waals surface area contributed by atoms with E-state index in [4.69, 9.17) is 0 Å². The van der Waals surface area contributed by atoms with Crippen LogP contribution in [0.3, 0.4) is 0 Å². The number of ketones is 1. The van der Waals surface area contributed by atoms with Gasteiger partial charge in [0.1, 0.15) is 0 Å². The van der Waals surface area contributed by atoms with Gasteiger partial charge in [0.2, 0.25) is 0 Å². The van der Waals surface area contributed by atoms with E-state index >= 15 is 0 Å². The van der Waals surface area contributed by atoms with E-state index in [1.54, 1.807) is 6.20 Å². The molecule has 1 aliphatic carbocycles. The van der Waals surface area contributed by atoms with Crippen molar-refractivity contribution in [1.29, 1.82) is 0 Å². The van der Waals surface area contributed by atoms with Gasteiger partial charge in [-0.15, -0.1) is 0 Å². The third-order valence-electron chi connectivity index (χ3n) is 4.98. The summed E-state index contributed by atoms with van der Waals surface area (Å²) in [5.41, 5.74) is 3.47. The molecule has 1 atom stereocenters. The molecule has 0 saturated carbocycles. The smallest absolute Gasteiger partial charge is 0.254 e. The number of carbonyl (C=O) groups is 2. The molecular formula is C18H19N3O2. The summed E-state index contributed by atoms with van der Waals surface area (Å²) >= 11 is 0. The molecule has 0 spiro atoms. The van der Waals surface area contributed by atoms with Gasteiger partial charge in [-0.1, -0.05) is 12.1 Å². The fraction of sp³-hybridized carbons (Fsp3) is 0.389. The van der Waals surface area contributed by atoms with Gasteiger partial charge < -0.3 is 4.90 Å². The summed E-state index contributed by atoms with van der Waals surface area (Å²) in [6, 6.07) is 7.51. The SMILES string of the molecule is O=C1CCc2c1cccc2C(=O)N1CCCC(c2ccn[nH]2)C1. The maximum atomic E-state index is 13.0. The highest BCUT2D eigenvalue weighted by atomic mass is 16.2. The number of amides is 1. The number of benzene rings is 1. The molecular weight excluding hydrogens is 290 g/mol. The standard InChI is InChI=1S/C18H19N3O2/c22-17-7-6-13-14(17)4-1-5-15(13)18(23)21-10-2-3-12(11-21)16-8-9-19-20-16/h1,4-5,8-9,12H,2-3,6-7,10-11H2,(H,19,20).